The van der Waals surface area contributed by atoms with Crippen LogP contribution in [0.15, 0.2) is 30.5 Å². The van der Waals surface area contributed by atoms with E-state index in [4.69, 9.17) is 5.11 Å². The van der Waals surface area contributed by atoms with Gasteiger partial charge in [0.1, 0.15) is 11.5 Å². The van der Waals surface area contributed by atoms with Gasteiger partial charge in [-0.3, -0.25) is 0 Å². The number of nitrogens with zero attached hydrogens (tertiary/aromatic N) is 3. The van der Waals surface area contributed by atoms with Gasteiger partial charge in [-0.05, 0) is 24.3 Å². The molecular weight excluding hydrogens is 197 g/mol. The molecule has 0 bridgehead atoms. The van der Waals surface area contributed by atoms with Crippen molar-refractivity contribution in [2.45, 2.75) is 6.54 Å². The third kappa shape index (κ3) is 2.19. The Kier molecular flexibility index (Phi) is 2.73. The van der Waals surface area contributed by atoms with Crippen LogP contribution in [0.5, 0.6) is 0 Å². The van der Waals surface area contributed by atoms with Crippen LogP contribution in [-0.2, 0) is 6.54 Å². The molecule has 0 aliphatic rings. The van der Waals surface area contributed by atoms with Gasteiger partial charge in [0.05, 0.1) is 19.3 Å². The van der Waals surface area contributed by atoms with Gasteiger partial charge >= 0.3 is 0 Å². The molecule has 5 heteroatoms. The molecule has 1 heterocycles. The summed E-state index contributed by atoms with van der Waals surface area (Å²) in [6, 6.07) is 6.03. The van der Waals surface area contributed by atoms with E-state index in [1.807, 2.05) is 0 Å². The molecule has 78 valence electrons. The lowest BCUT2D eigenvalue weighted by Gasteiger charge is -1.94. The summed E-state index contributed by atoms with van der Waals surface area (Å²) in [5.41, 5.74) is 1.48. The van der Waals surface area contributed by atoms with Crippen molar-refractivity contribution in [2.75, 3.05) is 6.61 Å². The minimum absolute atomic E-state index is 0.0201. The summed E-state index contributed by atoms with van der Waals surface area (Å²) >= 11 is 0. The number of hydrogen-bond acceptors (Lipinski definition) is 3. The van der Waals surface area contributed by atoms with E-state index in [0.717, 1.165) is 5.56 Å². The van der Waals surface area contributed by atoms with Gasteiger partial charge in [0.2, 0.25) is 0 Å². The predicted molar refractivity (Wildman–Crippen MR) is 52.5 cm³/mol. The SMILES string of the molecule is OCCn1cc(-c2ccc(F)cc2)nn1. The largest absolute Gasteiger partial charge is 0.394 e. The summed E-state index contributed by atoms with van der Waals surface area (Å²) in [5.74, 6) is -0.276. The van der Waals surface area contributed by atoms with Gasteiger partial charge in [0, 0.05) is 5.56 Å². The molecule has 2 rings (SSSR count). The topological polar surface area (TPSA) is 50.9 Å². The second-order valence-electron chi connectivity index (χ2n) is 3.10. The minimum atomic E-state index is -0.276. The van der Waals surface area contributed by atoms with Gasteiger partial charge in [-0.25, -0.2) is 9.07 Å². The Morgan fingerprint density at radius 3 is 2.67 bits per heavy atom. The number of aliphatic hydroxyl groups is 1. The summed E-state index contributed by atoms with van der Waals surface area (Å²) in [5, 5.41) is 16.4. The average Bonchev–Trinajstić information content (AvgIpc) is 2.68. The Bertz CT molecular complexity index is 438. The van der Waals surface area contributed by atoms with Crippen LogP contribution >= 0.6 is 0 Å². The highest BCUT2D eigenvalue weighted by Gasteiger charge is 2.03. The number of rotatable bonds is 3. The van der Waals surface area contributed by atoms with E-state index in [2.05, 4.69) is 10.3 Å². The van der Waals surface area contributed by atoms with Gasteiger partial charge in [-0.2, -0.15) is 0 Å². The van der Waals surface area contributed by atoms with Gasteiger partial charge in [-0.15, -0.1) is 5.10 Å². The van der Waals surface area contributed by atoms with Crippen molar-refractivity contribution in [2.24, 2.45) is 0 Å². The maximum Gasteiger partial charge on any atom is 0.123 e. The number of aromatic nitrogens is 3. The van der Waals surface area contributed by atoms with E-state index >= 15 is 0 Å². The van der Waals surface area contributed by atoms with Gasteiger partial charge < -0.3 is 5.11 Å². The van der Waals surface area contributed by atoms with E-state index in [0.29, 0.717) is 12.2 Å². The lowest BCUT2D eigenvalue weighted by molar-refractivity contribution is 0.268. The molecule has 0 radical (unpaired) electrons. The monoisotopic (exact) mass is 207 g/mol. The van der Waals surface area contributed by atoms with E-state index in [9.17, 15) is 4.39 Å². The Balaban J connectivity index is 2.25. The maximum atomic E-state index is 12.7. The fourth-order valence-corrected chi connectivity index (χ4v) is 1.26. The lowest BCUT2D eigenvalue weighted by Crippen LogP contribution is -2.01. The van der Waals surface area contributed by atoms with Crippen molar-refractivity contribution in [3.63, 3.8) is 0 Å². The summed E-state index contributed by atoms with van der Waals surface area (Å²) in [6.45, 7) is 0.431. The zero-order valence-electron chi connectivity index (χ0n) is 7.97. The fourth-order valence-electron chi connectivity index (χ4n) is 1.26. The van der Waals surface area contributed by atoms with Crippen molar-refractivity contribution in [3.8, 4) is 11.3 Å². The van der Waals surface area contributed by atoms with Crippen molar-refractivity contribution < 1.29 is 9.50 Å². The first-order chi connectivity index (χ1) is 7.29. The van der Waals surface area contributed by atoms with Crippen LogP contribution in [0, 0.1) is 5.82 Å². The third-order valence-electron chi connectivity index (χ3n) is 2.01. The molecule has 0 saturated heterocycles. The fraction of sp³-hybridized carbons (Fsp3) is 0.200. The number of aliphatic hydroxyl groups excluding tert-OH is 1. The van der Waals surface area contributed by atoms with Crippen LogP contribution in [0.2, 0.25) is 0 Å². The van der Waals surface area contributed by atoms with Crippen molar-refractivity contribution in [1.29, 1.82) is 0 Å². The highest BCUT2D eigenvalue weighted by molar-refractivity contribution is 5.57. The molecule has 15 heavy (non-hydrogen) atoms. The van der Waals surface area contributed by atoms with Crippen molar-refractivity contribution in [3.05, 3.63) is 36.3 Å². The van der Waals surface area contributed by atoms with E-state index in [1.165, 1.54) is 12.1 Å². The van der Waals surface area contributed by atoms with Gasteiger partial charge in [0.25, 0.3) is 0 Å². The van der Waals surface area contributed by atoms with E-state index < -0.39 is 0 Å². The first kappa shape index (κ1) is 9.79. The second kappa shape index (κ2) is 4.18. The first-order valence-corrected chi connectivity index (χ1v) is 4.56. The van der Waals surface area contributed by atoms with Gasteiger partial charge in [-0.1, -0.05) is 5.21 Å². The van der Waals surface area contributed by atoms with Crippen molar-refractivity contribution in [1.82, 2.24) is 15.0 Å². The molecule has 0 atom stereocenters. The molecule has 0 amide bonds. The lowest BCUT2D eigenvalue weighted by atomic mass is 10.2. The van der Waals surface area contributed by atoms with Crippen LogP contribution in [0.4, 0.5) is 4.39 Å². The third-order valence-corrected chi connectivity index (χ3v) is 2.01. The van der Waals surface area contributed by atoms with Crippen LogP contribution in [0.1, 0.15) is 0 Å². The van der Waals surface area contributed by atoms with Crippen molar-refractivity contribution >= 4 is 0 Å². The van der Waals surface area contributed by atoms with Crippen LogP contribution in [-0.4, -0.2) is 26.7 Å². The second-order valence-corrected chi connectivity index (χ2v) is 3.10. The molecular formula is C10H10FN3O. The molecule has 0 aliphatic carbocycles. The first-order valence-electron chi connectivity index (χ1n) is 4.56. The van der Waals surface area contributed by atoms with E-state index in [-0.39, 0.29) is 12.4 Å². The zero-order valence-corrected chi connectivity index (χ0v) is 7.97. The molecule has 2 aromatic rings. The van der Waals surface area contributed by atoms with Crippen LogP contribution in [0.25, 0.3) is 11.3 Å². The van der Waals surface area contributed by atoms with Crippen LogP contribution in [0.3, 0.4) is 0 Å². The molecule has 4 nitrogen and oxygen atoms in total. The molecule has 1 N–H and O–H groups in total. The highest BCUT2D eigenvalue weighted by atomic mass is 19.1. The molecule has 0 aliphatic heterocycles. The Hall–Kier alpha value is -1.75. The Labute approximate surface area is 86.0 Å². The molecule has 0 saturated carbocycles. The predicted octanol–water partition coefficient (Wildman–Crippen LogP) is 1.08. The Morgan fingerprint density at radius 1 is 1.27 bits per heavy atom. The summed E-state index contributed by atoms with van der Waals surface area (Å²) in [4.78, 5) is 0. The number of hydrogen-bond donors (Lipinski definition) is 1. The molecule has 1 aromatic heterocycles. The minimum Gasteiger partial charge on any atom is -0.394 e. The molecule has 0 fully saturated rings. The molecule has 1 aromatic carbocycles. The number of halogens is 1. The van der Waals surface area contributed by atoms with E-state index in [1.54, 1.807) is 23.0 Å². The summed E-state index contributed by atoms with van der Waals surface area (Å²) in [7, 11) is 0. The smallest absolute Gasteiger partial charge is 0.123 e. The highest BCUT2D eigenvalue weighted by Crippen LogP contribution is 2.15. The average molecular weight is 207 g/mol. The van der Waals surface area contributed by atoms with Gasteiger partial charge in [0.15, 0.2) is 0 Å². The van der Waals surface area contributed by atoms with Crippen LogP contribution < -0.4 is 0 Å². The maximum absolute atomic E-state index is 12.7. The standard InChI is InChI=1S/C10H10FN3O/c11-9-3-1-8(2-4-9)10-7-14(5-6-15)13-12-10/h1-4,7,15H,5-6H2. The normalized spacial score (nSPS) is 10.5. The molecule has 0 spiro atoms. The molecule has 0 unspecified atom stereocenters. The summed E-state index contributed by atoms with van der Waals surface area (Å²) in [6.07, 6.45) is 1.71. The summed E-state index contributed by atoms with van der Waals surface area (Å²) < 4.78 is 14.2. The Morgan fingerprint density at radius 2 is 2.00 bits per heavy atom. The quantitative estimate of drug-likeness (QED) is 0.819. The number of benzene rings is 1. The zero-order chi connectivity index (χ0) is 10.7.